The van der Waals surface area contributed by atoms with Crippen LogP contribution in [0.1, 0.15) is 18.1 Å². The number of thiocarbonyl (C=S) groups is 1. The van der Waals surface area contributed by atoms with E-state index in [0.29, 0.717) is 22.6 Å². The molecule has 0 heterocycles. The molecule has 0 unspecified atom stereocenters. The quantitative estimate of drug-likeness (QED) is 0.646. The summed E-state index contributed by atoms with van der Waals surface area (Å²) in [5.74, 6) is 0.653. The Kier molecular flexibility index (Phi) is 6.69. The molecule has 0 fully saturated rings. The van der Waals surface area contributed by atoms with E-state index in [0.717, 1.165) is 22.1 Å². The van der Waals surface area contributed by atoms with Gasteiger partial charge in [0.05, 0.1) is 12.1 Å². The smallest absolute Gasteiger partial charge is 0.260 e. The fourth-order valence-electron chi connectivity index (χ4n) is 2.01. The predicted molar refractivity (Wildman–Crippen MR) is 103 cm³/mol. The van der Waals surface area contributed by atoms with Crippen LogP contribution in [0.15, 0.2) is 40.9 Å². The second kappa shape index (κ2) is 8.52. The minimum Gasteiger partial charge on any atom is -0.487 e. The van der Waals surface area contributed by atoms with E-state index in [-0.39, 0.29) is 0 Å². The van der Waals surface area contributed by atoms with Crippen LogP contribution in [0.3, 0.4) is 0 Å². The molecule has 0 amide bonds. The van der Waals surface area contributed by atoms with Gasteiger partial charge in [-0.05, 0) is 48.5 Å². The first-order chi connectivity index (χ1) is 11.0. The lowest BCUT2D eigenvalue weighted by Crippen LogP contribution is -2.13. The summed E-state index contributed by atoms with van der Waals surface area (Å²) in [5.41, 5.74) is 2.94. The zero-order valence-electron chi connectivity index (χ0n) is 12.9. The molecule has 2 aromatic rings. The SMILES string of the molecule is CCc1ccc(OCc2c(Br)cccc2NC(=S)OC)c(Cl)c1. The van der Waals surface area contributed by atoms with Crippen molar-refractivity contribution < 1.29 is 9.47 Å². The number of methoxy groups -OCH3 is 1. The Morgan fingerprint density at radius 3 is 2.74 bits per heavy atom. The summed E-state index contributed by atoms with van der Waals surface area (Å²) in [5, 5.41) is 3.95. The number of hydrogen-bond acceptors (Lipinski definition) is 3. The van der Waals surface area contributed by atoms with E-state index in [2.05, 4.69) is 28.2 Å². The van der Waals surface area contributed by atoms with Gasteiger partial charge in [0.25, 0.3) is 5.17 Å². The lowest BCUT2D eigenvalue weighted by Gasteiger charge is -2.15. The molecule has 0 spiro atoms. The van der Waals surface area contributed by atoms with E-state index in [4.69, 9.17) is 33.3 Å². The van der Waals surface area contributed by atoms with Crippen LogP contribution in [0.25, 0.3) is 0 Å². The molecule has 0 saturated heterocycles. The Labute approximate surface area is 155 Å². The maximum absolute atomic E-state index is 6.27. The molecule has 0 aromatic heterocycles. The summed E-state index contributed by atoms with van der Waals surface area (Å²) in [6.07, 6.45) is 0.937. The van der Waals surface area contributed by atoms with E-state index in [1.54, 1.807) is 0 Å². The first kappa shape index (κ1) is 18.0. The second-order valence-corrected chi connectivity index (χ2v) is 6.42. The standard InChI is InChI=1S/C17H17BrClNO2S/c1-3-11-7-8-16(14(19)9-11)22-10-12-13(18)5-4-6-15(12)20-17(23)21-2/h4-9H,3,10H2,1-2H3,(H,20,23). The number of benzene rings is 2. The molecule has 1 N–H and O–H groups in total. The van der Waals surface area contributed by atoms with Crippen LogP contribution in [0.5, 0.6) is 5.75 Å². The van der Waals surface area contributed by atoms with E-state index >= 15 is 0 Å². The maximum atomic E-state index is 6.27. The number of aryl methyl sites for hydroxylation is 1. The molecule has 0 atom stereocenters. The van der Waals surface area contributed by atoms with E-state index in [1.807, 2.05) is 36.4 Å². The second-order valence-electron chi connectivity index (χ2n) is 4.79. The zero-order chi connectivity index (χ0) is 16.8. The normalized spacial score (nSPS) is 10.3. The van der Waals surface area contributed by atoms with Crippen molar-refractivity contribution in [3.63, 3.8) is 0 Å². The predicted octanol–water partition coefficient (Wildman–Crippen LogP) is 5.59. The molecular weight excluding hydrogens is 398 g/mol. The summed E-state index contributed by atoms with van der Waals surface area (Å²) in [7, 11) is 1.53. The minimum absolute atomic E-state index is 0.301. The van der Waals surface area contributed by atoms with Crippen molar-refractivity contribution in [1.82, 2.24) is 0 Å². The number of hydrogen-bond donors (Lipinski definition) is 1. The Hall–Kier alpha value is -1.30. The summed E-state index contributed by atoms with van der Waals surface area (Å²) in [6.45, 7) is 2.44. The molecule has 0 aliphatic heterocycles. The van der Waals surface area contributed by atoms with Crippen LogP contribution in [0.2, 0.25) is 5.02 Å². The van der Waals surface area contributed by atoms with Crippen molar-refractivity contribution >= 4 is 50.6 Å². The van der Waals surface area contributed by atoms with Crippen molar-refractivity contribution in [3.8, 4) is 5.75 Å². The lowest BCUT2D eigenvalue weighted by molar-refractivity contribution is 0.306. The molecule has 2 aromatic carbocycles. The lowest BCUT2D eigenvalue weighted by atomic mass is 10.1. The van der Waals surface area contributed by atoms with Crippen LogP contribution in [0.4, 0.5) is 5.69 Å². The highest BCUT2D eigenvalue weighted by Gasteiger charge is 2.11. The highest BCUT2D eigenvalue weighted by molar-refractivity contribution is 9.10. The first-order valence-corrected chi connectivity index (χ1v) is 8.66. The van der Waals surface area contributed by atoms with Gasteiger partial charge in [0.2, 0.25) is 0 Å². The van der Waals surface area contributed by atoms with Gasteiger partial charge in [0.15, 0.2) is 0 Å². The molecule has 23 heavy (non-hydrogen) atoms. The number of halogens is 2. The third kappa shape index (κ3) is 4.83. The summed E-state index contributed by atoms with van der Waals surface area (Å²) in [4.78, 5) is 0. The van der Waals surface area contributed by atoms with Gasteiger partial charge in [-0.25, -0.2) is 0 Å². The number of ether oxygens (including phenoxy) is 2. The maximum Gasteiger partial charge on any atom is 0.260 e. The van der Waals surface area contributed by atoms with Crippen molar-refractivity contribution in [2.75, 3.05) is 12.4 Å². The largest absolute Gasteiger partial charge is 0.487 e. The molecule has 2 rings (SSSR count). The third-order valence-corrected chi connectivity index (χ3v) is 4.62. The number of rotatable bonds is 5. The Morgan fingerprint density at radius 1 is 1.30 bits per heavy atom. The van der Waals surface area contributed by atoms with E-state index in [9.17, 15) is 0 Å². The van der Waals surface area contributed by atoms with Crippen molar-refractivity contribution in [1.29, 1.82) is 0 Å². The van der Waals surface area contributed by atoms with E-state index < -0.39 is 0 Å². The number of anilines is 1. The van der Waals surface area contributed by atoms with Gasteiger partial charge in [-0.15, -0.1) is 0 Å². The van der Waals surface area contributed by atoms with Crippen molar-refractivity contribution in [3.05, 3.63) is 57.0 Å². The fraction of sp³-hybridized carbons (Fsp3) is 0.235. The van der Waals surface area contributed by atoms with Gasteiger partial charge in [0, 0.05) is 15.7 Å². The molecule has 0 saturated carbocycles. The summed E-state index contributed by atoms with van der Waals surface area (Å²) >= 11 is 14.9. The molecule has 0 bridgehead atoms. The van der Waals surface area contributed by atoms with E-state index in [1.165, 1.54) is 12.7 Å². The van der Waals surface area contributed by atoms with Crippen LogP contribution < -0.4 is 10.1 Å². The zero-order valence-corrected chi connectivity index (χ0v) is 16.0. The monoisotopic (exact) mass is 413 g/mol. The van der Waals surface area contributed by atoms with Crippen molar-refractivity contribution in [2.24, 2.45) is 0 Å². The topological polar surface area (TPSA) is 30.5 Å². The minimum atomic E-state index is 0.301. The highest BCUT2D eigenvalue weighted by atomic mass is 79.9. The Bertz CT molecular complexity index is 709. The molecular formula is C17H17BrClNO2S. The Balaban J connectivity index is 2.18. The highest BCUT2D eigenvalue weighted by Crippen LogP contribution is 2.30. The molecule has 0 aliphatic carbocycles. The average Bonchev–Trinajstić information content (AvgIpc) is 2.55. The van der Waals surface area contributed by atoms with Crippen molar-refractivity contribution in [2.45, 2.75) is 20.0 Å². The molecule has 122 valence electrons. The average molecular weight is 415 g/mol. The molecule has 6 heteroatoms. The third-order valence-electron chi connectivity index (χ3n) is 3.32. The van der Waals surface area contributed by atoms with Crippen LogP contribution in [-0.4, -0.2) is 12.3 Å². The fourth-order valence-corrected chi connectivity index (χ4v) is 2.86. The molecule has 0 aliphatic rings. The van der Waals surface area contributed by atoms with Crippen LogP contribution in [0, 0.1) is 0 Å². The van der Waals surface area contributed by atoms with Gasteiger partial charge < -0.3 is 14.8 Å². The van der Waals surface area contributed by atoms with Crippen LogP contribution in [-0.2, 0) is 17.8 Å². The van der Waals surface area contributed by atoms with Gasteiger partial charge in [-0.3, -0.25) is 0 Å². The summed E-state index contributed by atoms with van der Waals surface area (Å²) < 4.78 is 11.8. The van der Waals surface area contributed by atoms with Gasteiger partial charge in [-0.1, -0.05) is 46.6 Å². The van der Waals surface area contributed by atoms with Gasteiger partial charge in [0.1, 0.15) is 12.4 Å². The molecule has 0 radical (unpaired) electrons. The van der Waals surface area contributed by atoms with Crippen LogP contribution >= 0.6 is 39.7 Å². The molecule has 3 nitrogen and oxygen atoms in total. The van der Waals surface area contributed by atoms with Gasteiger partial charge >= 0.3 is 0 Å². The van der Waals surface area contributed by atoms with Gasteiger partial charge in [-0.2, -0.15) is 0 Å². The summed E-state index contributed by atoms with van der Waals surface area (Å²) in [6, 6.07) is 11.6. The first-order valence-electron chi connectivity index (χ1n) is 7.08. The Morgan fingerprint density at radius 2 is 2.09 bits per heavy atom. The number of nitrogens with one attached hydrogen (secondary N) is 1.